The Morgan fingerprint density at radius 1 is 1.11 bits per heavy atom. The van der Waals surface area contributed by atoms with Gasteiger partial charge in [0.1, 0.15) is 0 Å². The summed E-state index contributed by atoms with van der Waals surface area (Å²) in [6.45, 7) is 3.26. The highest BCUT2D eigenvalue weighted by molar-refractivity contribution is 6.33. The van der Waals surface area contributed by atoms with Crippen LogP contribution in [-0.2, 0) is 0 Å². The first-order chi connectivity index (χ1) is 4.41. The van der Waals surface area contributed by atoms with E-state index in [9.17, 15) is 0 Å². The summed E-state index contributed by atoms with van der Waals surface area (Å²) in [7, 11) is 0.348. The third-order valence-electron chi connectivity index (χ3n) is 1.56. The Morgan fingerprint density at radius 2 is 1.78 bits per heavy atom. The minimum atomic E-state index is 0.348. The number of hydrogen-bond acceptors (Lipinski definition) is 1. The minimum absolute atomic E-state index is 0.348. The molecule has 2 heteroatoms. The van der Waals surface area contributed by atoms with Crippen LogP contribution in [0.3, 0.4) is 0 Å². The van der Waals surface area contributed by atoms with Crippen LogP contribution in [0.4, 0.5) is 0 Å². The van der Waals surface area contributed by atoms with Crippen LogP contribution in [0.15, 0.2) is 0 Å². The Kier molecular flexibility index (Phi) is 8.34. The Labute approximate surface area is 60.8 Å². The highest BCUT2D eigenvalue weighted by Gasteiger charge is 1.86. The van der Waals surface area contributed by atoms with Crippen LogP contribution in [-0.4, -0.2) is 16.1 Å². The summed E-state index contributed by atoms with van der Waals surface area (Å²) in [4.78, 5) is 0. The van der Waals surface area contributed by atoms with Crippen LogP contribution in [0.1, 0.15) is 25.7 Å². The number of rotatable bonds is 6. The second kappa shape index (κ2) is 8.18. The van der Waals surface area contributed by atoms with Gasteiger partial charge in [-0.3, -0.25) is 0 Å². The molecule has 9 heavy (non-hydrogen) atoms. The molecule has 0 aromatic rings. The van der Waals surface area contributed by atoms with E-state index in [0.29, 0.717) is 9.52 Å². The van der Waals surface area contributed by atoms with E-state index in [1.165, 1.54) is 31.7 Å². The molecule has 0 radical (unpaired) electrons. The molecule has 0 bridgehead atoms. The maximum Gasteiger partial charge on any atom is 0.0166 e. The van der Waals surface area contributed by atoms with Crippen molar-refractivity contribution in [3.8, 4) is 0 Å². The highest BCUT2D eigenvalue weighted by Crippen LogP contribution is 2.01. The third-order valence-corrected chi connectivity index (χ3v) is 2.76. The van der Waals surface area contributed by atoms with Gasteiger partial charge in [-0.05, 0) is 13.0 Å². The van der Waals surface area contributed by atoms with Gasteiger partial charge in [-0.15, -0.1) is 0 Å². The van der Waals surface area contributed by atoms with Crippen LogP contribution in [0.5, 0.6) is 0 Å². The molecule has 0 aliphatic heterocycles. The van der Waals surface area contributed by atoms with Gasteiger partial charge < -0.3 is 5.73 Å². The summed E-state index contributed by atoms with van der Waals surface area (Å²) < 4.78 is 0. The Balaban J connectivity index is 2.60. The second-order valence-corrected chi connectivity index (χ2v) is 4.26. The van der Waals surface area contributed by atoms with Crippen molar-refractivity contribution >= 4 is 9.52 Å². The standard InChI is InChI=1S/C7H19NSi/c1-9-7-5-3-2-4-6-8/h2-9H2,1H3. The fraction of sp³-hybridized carbons (Fsp3) is 1.00. The van der Waals surface area contributed by atoms with E-state index in [1.54, 1.807) is 0 Å². The lowest BCUT2D eigenvalue weighted by molar-refractivity contribution is 0.673. The SMILES string of the molecule is C[SiH2]CCCCCCN. The van der Waals surface area contributed by atoms with E-state index in [4.69, 9.17) is 5.73 Å². The molecule has 0 spiro atoms. The Morgan fingerprint density at radius 3 is 2.33 bits per heavy atom. The van der Waals surface area contributed by atoms with Crippen LogP contribution < -0.4 is 5.73 Å². The molecule has 56 valence electrons. The number of nitrogens with two attached hydrogens (primary N) is 1. The van der Waals surface area contributed by atoms with E-state index in [-0.39, 0.29) is 0 Å². The van der Waals surface area contributed by atoms with E-state index in [2.05, 4.69) is 6.55 Å². The minimum Gasteiger partial charge on any atom is -0.330 e. The molecule has 0 saturated carbocycles. The molecule has 0 saturated heterocycles. The van der Waals surface area contributed by atoms with E-state index in [0.717, 1.165) is 6.54 Å². The van der Waals surface area contributed by atoms with Crippen molar-refractivity contribution in [1.82, 2.24) is 0 Å². The van der Waals surface area contributed by atoms with Gasteiger partial charge in [0.15, 0.2) is 0 Å². The van der Waals surface area contributed by atoms with Crippen molar-refractivity contribution < 1.29 is 0 Å². The fourth-order valence-corrected chi connectivity index (χ4v) is 1.78. The zero-order valence-corrected chi connectivity index (χ0v) is 7.94. The first kappa shape index (κ1) is 9.18. The molecule has 0 aromatic carbocycles. The molecule has 0 rings (SSSR count). The lowest BCUT2D eigenvalue weighted by Gasteiger charge is -1.95. The maximum atomic E-state index is 5.35. The zero-order chi connectivity index (χ0) is 6.95. The van der Waals surface area contributed by atoms with E-state index in [1.807, 2.05) is 0 Å². The molecule has 0 heterocycles. The molecule has 0 unspecified atom stereocenters. The summed E-state index contributed by atoms with van der Waals surface area (Å²) in [5.41, 5.74) is 5.35. The molecule has 0 aliphatic rings. The van der Waals surface area contributed by atoms with Gasteiger partial charge >= 0.3 is 0 Å². The lowest BCUT2D eigenvalue weighted by Crippen LogP contribution is -1.97. The summed E-state index contributed by atoms with van der Waals surface area (Å²) in [5.74, 6) is 0. The van der Waals surface area contributed by atoms with Crippen molar-refractivity contribution in [2.75, 3.05) is 6.54 Å². The lowest BCUT2D eigenvalue weighted by atomic mass is 10.2. The predicted octanol–water partition coefficient (Wildman–Crippen LogP) is 1.14. The molecular weight excluding hydrogens is 126 g/mol. The average Bonchev–Trinajstić information content (AvgIpc) is 1.89. The van der Waals surface area contributed by atoms with Gasteiger partial charge in [-0.25, -0.2) is 0 Å². The first-order valence-corrected chi connectivity index (χ1v) is 6.53. The quantitative estimate of drug-likeness (QED) is 0.440. The molecule has 1 nitrogen and oxygen atoms in total. The molecule has 0 aliphatic carbocycles. The molecule has 0 aromatic heterocycles. The molecule has 0 amide bonds. The molecule has 0 fully saturated rings. The van der Waals surface area contributed by atoms with Gasteiger partial charge in [0, 0.05) is 9.52 Å². The van der Waals surface area contributed by atoms with Crippen molar-refractivity contribution in [3.63, 3.8) is 0 Å². The van der Waals surface area contributed by atoms with Crippen LogP contribution in [0, 0.1) is 0 Å². The van der Waals surface area contributed by atoms with Gasteiger partial charge in [0.2, 0.25) is 0 Å². The summed E-state index contributed by atoms with van der Waals surface area (Å²) in [6.07, 6.45) is 5.46. The topological polar surface area (TPSA) is 26.0 Å². The van der Waals surface area contributed by atoms with Gasteiger partial charge in [0.25, 0.3) is 0 Å². The van der Waals surface area contributed by atoms with E-state index >= 15 is 0 Å². The van der Waals surface area contributed by atoms with Crippen LogP contribution in [0.2, 0.25) is 12.6 Å². The first-order valence-electron chi connectivity index (χ1n) is 4.12. The normalized spacial score (nSPS) is 11.3. The van der Waals surface area contributed by atoms with Gasteiger partial charge in [-0.2, -0.15) is 0 Å². The van der Waals surface area contributed by atoms with Crippen molar-refractivity contribution in [3.05, 3.63) is 0 Å². The number of hydrogen-bond donors (Lipinski definition) is 1. The Bertz CT molecular complexity index is 42.2. The smallest absolute Gasteiger partial charge is 0.0166 e. The van der Waals surface area contributed by atoms with Crippen LogP contribution in [0.25, 0.3) is 0 Å². The largest absolute Gasteiger partial charge is 0.330 e. The summed E-state index contributed by atoms with van der Waals surface area (Å²) in [6, 6.07) is 1.53. The number of unbranched alkanes of at least 4 members (excludes halogenated alkanes) is 3. The molecular formula is C7H19NSi. The summed E-state index contributed by atoms with van der Waals surface area (Å²) in [5, 5.41) is 0. The van der Waals surface area contributed by atoms with Crippen molar-refractivity contribution in [2.24, 2.45) is 5.73 Å². The fourth-order valence-electron chi connectivity index (χ4n) is 0.925. The summed E-state index contributed by atoms with van der Waals surface area (Å²) >= 11 is 0. The second-order valence-electron chi connectivity index (χ2n) is 2.56. The zero-order valence-electron chi connectivity index (χ0n) is 6.53. The molecule has 0 atom stereocenters. The van der Waals surface area contributed by atoms with E-state index < -0.39 is 0 Å². The van der Waals surface area contributed by atoms with Crippen molar-refractivity contribution in [2.45, 2.75) is 38.3 Å². The third kappa shape index (κ3) is 8.18. The van der Waals surface area contributed by atoms with Crippen molar-refractivity contribution in [1.29, 1.82) is 0 Å². The average molecular weight is 145 g/mol. The van der Waals surface area contributed by atoms with Gasteiger partial charge in [0.05, 0.1) is 0 Å². The highest BCUT2D eigenvalue weighted by atomic mass is 28.2. The Hall–Kier alpha value is 0.177. The van der Waals surface area contributed by atoms with Crippen LogP contribution >= 0.6 is 0 Å². The molecule has 2 N–H and O–H groups in total. The van der Waals surface area contributed by atoms with Gasteiger partial charge in [-0.1, -0.05) is 31.9 Å². The predicted molar refractivity (Wildman–Crippen MR) is 46.7 cm³/mol. The monoisotopic (exact) mass is 145 g/mol. The maximum absolute atomic E-state index is 5.35.